The minimum Gasteiger partial charge on any atom is -0.378 e. The van der Waals surface area contributed by atoms with Gasteiger partial charge in [-0.1, -0.05) is 25.0 Å². The summed E-state index contributed by atoms with van der Waals surface area (Å²) in [4.78, 5) is 11.1. The molecule has 0 radical (unpaired) electrons. The van der Waals surface area contributed by atoms with Crippen LogP contribution in [0.25, 0.3) is 0 Å². The van der Waals surface area contributed by atoms with Gasteiger partial charge in [0, 0.05) is 25.2 Å². The van der Waals surface area contributed by atoms with E-state index in [-0.39, 0.29) is 0 Å². The van der Waals surface area contributed by atoms with Crippen LogP contribution in [-0.2, 0) is 4.74 Å². The van der Waals surface area contributed by atoms with Gasteiger partial charge in [-0.25, -0.2) is 9.97 Å². The number of nitrogens with zero attached hydrogens (tertiary/aromatic N) is 3. The van der Waals surface area contributed by atoms with Gasteiger partial charge in [0.2, 0.25) is 0 Å². The Morgan fingerprint density at radius 3 is 2.60 bits per heavy atom. The highest BCUT2D eigenvalue weighted by Crippen LogP contribution is 2.29. The third-order valence-corrected chi connectivity index (χ3v) is 4.89. The molecule has 0 bridgehead atoms. The number of morpholine rings is 1. The minimum absolute atomic E-state index is 0.545. The first kappa shape index (κ1) is 16.1. The van der Waals surface area contributed by atoms with Crippen LogP contribution in [0.1, 0.15) is 25.7 Å². The molecule has 2 heterocycles. The molecule has 2 aromatic rings. The zero-order valence-corrected chi connectivity index (χ0v) is 14.4. The lowest BCUT2D eigenvalue weighted by molar-refractivity contribution is 0.123. The minimum atomic E-state index is 0.545. The number of nitrogens with one attached hydrogen (secondary N) is 2. The van der Waals surface area contributed by atoms with Crippen LogP contribution in [0.15, 0.2) is 36.7 Å². The Kier molecular flexibility index (Phi) is 4.97. The third kappa shape index (κ3) is 4.02. The number of hydrogen-bond acceptors (Lipinski definition) is 6. The van der Waals surface area contributed by atoms with E-state index in [0.29, 0.717) is 6.04 Å². The lowest BCUT2D eigenvalue weighted by Crippen LogP contribution is -2.36. The maximum atomic E-state index is 5.47. The molecule has 4 rings (SSSR count). The molecule has 1 aromatic heterocycles. The van der Waals surface area contributed by atoms with Gasteiger partial charge >= 0.3 is 0 Å². The predicted octanol–water partition coefficient (Wildman–Crippen LogP) is 3.41. The van der Waals surface area contributed by atoms with Crippen LogP contribution >= 0.6 is 0 Å². The van der Waals surface area contributed by atoms with Gasteiger partial charge in [0.25, 0.3) is 0 Å². The molecule has 1 saturated heterocycles. The number of aromatic nitrogens is 2. The van der Waals surface area contributed by atoms with Crippen molar-refractivity contribution < 1.29 is 4.74 Å². The molecule has 25 heavy (non-hydrogen) atoms. The number of para-hydroxylation sites is 2. The fourth-order valence-electron chi connectivity index (χ4n) is 3.58. The quantitative estimate of drug-likeness (QED) is 0.870. The van der Waals surface area contributed by atoms with Crippen LogP contribution in [-0.4, -0.2) is 42.3 Å². The Balaban J connectivity index is 1.50. The fourth-order valence-corrected chi connectivity index (χ4v) is 3.58. The van der Waals surface area contributed by atoms with E-state index < -0.39 is 0 Å². The first-order valence-corrected chi connectivity index (χ1v) is 9.16. The van der Waals surface area contributed by atoms with Gasteiger partial charge in [0.1, 0.15) is 18.0 Å². The van der Waals surface area contributed by atoms with Gasteiger partial charge in [-0.2, -0.15) is 0 Å². The van der Waals surface area contributed by atoms with Gasteiger partial charge in [0.05, 0.1) is 24.6 Å². The molecule has 0 unspecified atom stereocenters. The summed E-state index contributed by atoms with van der Waals surface area (Å²) < 4.78 is 5.47. The lowest BCUT2D eigenvalue weighted by Gasteiger charge is -2.30. The Labute approximate surface area is 148 Å². The van der Waals surface area contributed by atoms with Crippen molar-refractivity contribution in [3.05, 3.63) is 36.7 Å². The highest BCUT2D eigenvalue weighted by Gasteiger charge is 2.16. The average Bonchev–Trinajstić information content (AvgIpc) is 3.16. The molecule has 6 heteroatoms. The summed E-state index contributed by atoms with van der Waals surface area (Å²) in [6.07, 6.45) is 6.69. The summed E-state index contributed by atoms with van der Waals surface area (Å²) in [5, 5.41) is 6.99. The summed E-state index contributed by atoms with van der Waals surface area (Å²) in [5.41, 5.74) is 2.25. The zero-order valence-electron chi connectivity index (χ0n) is 14.4. The molecule has 0 spiro atoms. The lowest BCUT2D eigenvalue weighted by atomic mass is 10.2. The van der Waals surface area contributed by atoms with Gasteiger partial charge in [-0.15, -0.1) is 0 Å². The van der Waals surface area contributed by atoms with Crippen LogP contribution in [0.4, 0.5) is 23.0 Å². The zero-order chi connectivity index (χ0) is 16.9. The summed E-state index contributed by atoms with van der Waals surface area (Å²) in [6.45, 7) is 3.38. The van der Waals surface area contributed by atoms with Gasteiger partial charge < -0.3 is 20.3 Å². The summed E-state index contributed by atoms with van der Waals surface area (Å²) in [5.74, 6) is 1.71. The highest BCUT2D eigenvalue weighted by atomic mass is 16.5. The van der Waals surface area contributed by atoms with Crippen LogP contribution in [0.5, 0.6) is 0 Å². The van der Waals surface area contributed by atoms with Crippen LogP contribution in [0, 0.1) is 0 Å². The largest absolute Gasteiger partial charge is 0.378 e. The molecule has 132 valence electrons. The van der Waals surface area contributed by atoms with E-state index >= 15 is 0 Å². The summed E-state index contributed by atoms with van der Waals surface area (Å²) >= 11 is 0. The van der Waals surface area contributed by atoms with E-state index in [9.17, 15) is 0 Å². The average molecular weight is 339 g/mol. The molecule has 2 N–H and O–H groups in total. The molecule has 1 aliphatic heterocycles. The van der Waals surface area contributed by atoms with E-state index in [1.54, 1.807) is 6.33 Å². The third-order valence-electron chi connectivity index (χ3n) is 4.89. The maximum Gasteiger partial charge on any atom is 0.135 e. The van der Waals surface area contributed by atoms with E-state index in [1.807, 2.05) is 12.1 Å². The van der Waals surface area contributed by atoms with Gasteiger partial charge in [-0.3, -0.25) is 0 Å². The van der Waals surface area contributed by atoms with Crippen molar-refractivity contribution in [3.8, 4) is 0 Å². The van der Waals surface area contributed by atoms with Crippen molar-refractivity contribution in [2.24, 2.45) is 0 Å². The highest BCUT2D eigenvalue weighted by molar-refractivity contribution is 5.74. The Morgan fingerprint density at radius 2 is 1.76 bits per heavy atom. The SMILES string of the molecule is c1ccc(N2CCOCC2)c(Nc2cc(NC3CCCC3)ncn2)c1. The molecule has 0 atom stereocenters. The number of hydrogen-bond donors (Lipinski definition) is 2. The summed E-state index contributed by atoms with van der Waals surface area (Å²) in [7, 11) is 0. The van der Waals surface area contributed by atoms with E-state index in [4.69, 9.17) is 4.74 Å². The summed E-state index contributed by atoms with van der Waals surface area (Å²) in [6, 6.07) is 10.9. The molecular weight excluding hydrogens is 314 g/mol. The van der Waals surface area contributed by atoms with Crippen molar-refractivity contribution in [2.75, 3.05) is 41.8 Å². The molecule has 0 amide bonds. The molecular formula is C19H25N5O. The Bertz CT molecular complexity index is 696. The molecule has 1 saturated carbocycles. The topological polar surface area (TPSA) is 62.3 Å². The van der Waals surface area contributed by atoms with Crippen molar-refractivity contribution in [3.63, 3.8) is 0 Å². The number of anilines is 4. The second-order valence-electron chi connectivity index (χ2n) is 6.66. The van der Waals surface area contributed by atoms with Crippen LogP contribution in [0.2, 0.25) is 0 Å². The first-order valence-electron chi connectivity index (χ1n) is 9.16. The Morgan fingerprint density at radius 1 is 1.00 bits per heavy atom. The maximum absolute atomic E-state index is 5.47. The van der Waals surface area contributed by atoms with Crippen LogP contribution in [0.3, 0.4) is 0 Å². The van der Waals surface area contributed by atoms with Crippen molar-refractivity contribution >= 4 is 23.0 Å². The number of ether oxygens (including phenoxy) is 1. The molecule has 2 fully saturated rings. The smallest absolute Gasteiger partial charge is 0.135 e. The second kappa shape index (κ2) is 7.70. The normalized spacial score (nSPS) is 18.3. The van der Waals surface area contributed by atoms with Crippen molar-refractivity contribution in [1.29, 1.82) is 0 Å². The van der Waals surface area contributed by atoms with Crippen LogP contribution < -0.4 is 15.5 Å². The molecule has 1 aliphatic carbocycles. The Hall–Kier alpha value is -2.34. The van der Waals surface area contributed by atoms with Crippen molar-refractivity contribution in [1.82, 2.24) is 9.97 Å². The van der Waals surface area contributed by atoms with E-state index in [0.717, 1.165) is 43.6 Å². The number of rotatable bonds is 5. The predicted molar refractivity (Wildman–Crippen MR) is 101 cm³/mol. The van der Waals surface area contributed by atoms with Gasteiger partial charge in [0.15, 0.2) is 0 Å². The molecule has 6 nitrogen and oxygen atoms in total. The van der Waals surface area contributed by atoms with Crippen molar-refractivity contribution in [2.45, 2.75) is 31.7 Å². The fraction of sp³-hybridized carbons (Fsp3) is 0.474. The monoisotopic (exact) mass is 339 g/mol. The standard InChI is InChI=1S/C19H25N5O/c1-2-6-15(5-1)22-18-13-19(21-14-20-18)23-16-7-3-4-8-17(16)24-9-11-25-12-10-24/h3-4,7-8,13-15H,1-2,5-6,9-12H2,(H2,20,21,22,23). The molecule has 1 aromatic carbocycles. The molecule has 2 aliphatic rings. The van der Waals surface area contributed by atoms with E-state index in [1.165, 1.54) is 31.4 Å². The van der Waals surface area contributed by atoms with E-state index in [2.05, 4.69) is 43.7 Å². The second-order valence-corrected chi connectivity index (χ2v) is 6.66. The van der Waals surface area contributed by atoms with Gasteiger partial charge in [-0.05, 0) is 25.0 Å². The number of benzene rings is 1. The first-order chi connectivity index (χ1) is 12.4.